The molecular weight excluding hydrogens is 289 g/mol. The molecule has 2 aromatic rings. The van der Waals surface area contributed by atoms with Crippen molar-refractivity contribution >= 4 is 22.5 Å². The summed E-state index contributed by atoms with van der Waals surface area (Å²) in [6.45, 7) is -0.603. The molecule has 108 valence electrons. The topological polar surface area (TPSA) is 16.1 Å². The van der Waals surface area contributed by atoms with Crippen LogP contribution in [0.1, 0.15) is 5.56 Å². The van der Waals surface area contributed by atoms with Crippen molar-refractivity contribution < 1.29 is 13.2 Å². The predicted octanol–water partition coefficient (Wildman–Crippen LogP) is 3.84. The Morgan fingerprint density at radius 2 is 1.90 bits per heavy atom. The van der Waals surface area contributed by atoms with Crippen molar-refractivity contribution in [3.63, 3.8) is 0 Å². The van der Waals surface area contributed by atoms with Gasteiger partial charge in [-0.3, -0.25) is 9.88 Å². The standard InChI is InChI=1S/C14H14ClF3N2/c15-6-8-20(10-14(16,17)18)9-12-4-1-3-11-5-2-7-19-13(11)12/h1-5,7H,6,8-10H2. The van der Waals surface area contributed by atoms with Crippen LogP contribution in [-0.2, 0) is 6.54 Å². The number of para-hydroxylation sites is 1. The van der Waals surface area contributed by atoms with Crippen LogP contribution in [-0.4, -0.2) is 35.0 Å². The molecular formula is C14H14ClF3N2. The van der Waals surface area contributed by atoms with E-state index in [9.17, 15) is 13.2 Å². The Kier molecular flexibility index (Phi) is 4.83. The van der Waals surface area contributed by atoms with E-state index >= 15 is 0 Å². The highest BCUT2D eigenvalue weighted by molar-refractivity contribution is 6.18. The number of nitrogens with zero attached hydrogens (tertiary/aromatic N) is 2. The normalized spacial score (nSPS) is 12.2. The zero-order valence-corrected chi connectivity index (χ0v) is 11.5. The van der Waals surface area contributed by atoms with Crippen LogP contribution < -0.4 is 0 Å². The monoisotopic (exact) mass is 302 g/mol. The average molecular weight is 303 g/mol. The van der Waals surface area contributed by atoms with Crippen LogP contribution in [0.5, 0.6) is 0 Å². The smallest absolute Gasteiger partial charge is 0.289 e. The van der Waals surface area contributed by atoms with Crippen molar-refractivity contribution in [1.29, 1.82) is 0 Å². The van der Waals surface area contributed by atoms with E-state index in [4.69, 9.17) is 11.6 Å². The number of rotatable bonds is 5. The minimum Gasteiger partial charge on any atom is -0.289 e. The van der Waals surface area contributed by atoms with Gasteiger partial charge in [0, 0.05) is 30.6 Å². The highest BCUT2D eigenvalue weighted by Gasteiger charge is 2.30. The molecule has 0 aliphatic carbocycles. The highest BCUT2D eigenvalue weighted by Crippen LogP contribution is 2.21. The largest absolute Gasteiger partial charge is 0.401 e. The SMILES string of the molecule is FC(F)(F)CN(CCCl)Cc1cccc2cccnc12. The number of pyridine rings is 1. The first-order chi connectivity index (χ1) is 9.49. The zero-order chi connectivity index (χ0) is 14.6. The molecule has 0 bridgehead atoms. The van der Waals surface area contributed by atoms with Crippen LogP contribution in [0.3, 0.4) is 0 Å². The molecule has 0 amide bonds. The summed E-state index contributed by atoms with van der Waals surface area (Å²) in [6, 6.07) is 9.21. The fourth-order valence-corrected chi connectivity index (χ4v) is 2.36. The summed E-state index contributed by atoms with van der Waals surface area (Å²) in [4.78, 5) is 5.54. The van der Waals surface area contributed by atoms with Crippen LogP contribution in [0.2, 0.25) is 0 Å². The molecule has 0 spiro atoms. The van der Waals surface area contributed by atoms with E-state index in [1.807, 2.05) is 18.2 Å². The maximum atomic E-state index is 12.5. The number of fused-ring (bicyclic) bond motifs is 1. The third-order valence-corrected chi connectivity index (χ3v) is 3.08. The van der Waals surface area contributed by atoms with Crippen molar-refractivity contribution in [3.8, 4) is 0 Å². The van der Waals surface area contributed by atoms with Crippen LogP contribution >= 0.6 is 11.6 Å². The third-order valence-electron chi connectivity index (χ3n) is 2.91. The summed E-state index contributed by atoms with van der Waals surface area (Å²) in [5.74, 6) is 0.161. The second kappa shape index (κ2) is 6.41. The first-order valence-electron chi connectivity index (χ1n) is 6.17. The Labute approximate surface area is 120 Å². The molecule has 0 saturated carbocycles. The third kappa shape index (κ3) is 4.08. The second-order valence-corrected chi connectivity index (χ2v) is 4.89. The molecule has 2 nitrogen and oxygen atoms in total. The molecule has 1 aromatic heterocycles. The van der Waals surface area contributed by atoms with Crippen LogP contribution in [0.4, 0.5) is 13.2 Å². The van der Waals surface area contributed by atoms with E-state index in [1.165, 1.54) is 4.90 Å². The van der Waals surface area contributed by atoms with Gasteiger partial charge in [-0.25, -0.2) is 0 Å². The summed E-state index contributed by atoms with van der Waals surface area (Å²) in [5.41, 5.74) is 1.51. The molecule has 1 aromatic carbocycles. The van der Waals surface area contributed by atoms with Crippen molar-refractivity contribution in [1.82, 2.24) is 9.88 Å². The molecule has 0 N–H and O–H groups in total. The van der Waals surface area contributed by atoms with Crippen LogP contribution in [0, 0.1) is 0 Å². The molecule has 1 heterocycles. The quantitative estimate of drug-likeness (QED) is 0.780. The van der Waals surface area contributed by atoms with E-state index in [1.54, 1.807) is 18.3 Å². The van der Waals surface area contributed by atoms with Gasteiger partial charge in [0.2, 0.25) is 0 Å². The van der Waals surface area contributed by atoms with Gasteiger partial charge in [-0.15, -0.1) is 11.6 Å². The lowest BCUT2D eigenvalue weighted by molar-refractivity contribution is -0.146. The molecule has 0 radical (unpaired) electrons. The Morgan fingerprint density at radius 3 is 2.60 bits per heavy atom. The van der Waals surface area contributed by atoms with E-state index in [0.29, 0.717) is 0 Å². The molecule has 0 unspecified atom stereocenters. The van der Waals surface area contributed by atoms with Gasteiger partial charge < -0.3 is 0 Å². The molecule has 0 saturated heterocycles. The van der Waals surface area contributed by atoms with Gasteiger partial charge in [0.15, 0.2) is 0 Å². The molecule has 6 heteroatoms. The summed E-state index contributed by atoms with van der Waals surface area (Å²) < 4.78 is 37.6. The van der Waals surface area contributed by atoms with Gasteiger partial charge in [0.25, 0.3) is 0 Å². The minimum atomic E-state index is -4.23. The van der Waals surface area contributed by atoms with Gasteiger partial charge in [0.1, 0.15) is 0 Å². The summed E-state index contributed by atoms with van der Waals surface area (Å²) in [7, 11) is 0. The lowest BCUT2D eigenvalue weighted by Crippen LogP contribution is -2.35. The first-order valence-corrected chi connectivity index (χ1v) is 6.71. The van der Waals surface area contributed by atoms with Crippen LogP contribution in [0.15, 0.2) is 36.5 Å². The minimum absolute atomic E-state index is 0.161. The number of hydrogen-bond donors (Lipinski definition) is 0. The average Bonchev–Trinajstić information content (AvgIpc) is 2.37. The maximum Gasteiger partial charge on any atom is 0.401 e. The lowest BCUT2D eigenvalue weighted by atomic mass is 10.1. The van der Waals surface area contributed by atoms with Crippen molar-refractivity contribution in [3.05, 3.63) is 42.1 Å². The van der Waals surface area contributed by atoms with Crippen molar-refractivity contribution in [2.45, 2.75) is 12.7 Å². The fourth-order valence-electron chi connectivity index (χ4n) is 2.12. The first kappa shape index (κ1) is 15.1. The number of alkyl halides is 4. The van der Waals surface area contributed by atoms with Crippen molar-refractivity contribution in [2.24, 2.45) is 0 Å². The Hall–Kier alpha value is -1.33. The second-order valence-electron chi connectivity index (χ2n) is 4.51. The number of benzene rings is 1. The van der Waals surface area contributed by atoms with Crippen molar-refractivity contribution in [2.75, 3.05) is 19.0 Å². The van der Waals surface area contributed by atoms with Crippen LogP contribution in [0.25, 0.3) is 10.9 Å². The van der Waals surface area contributed by atoms with E-state index in [2.05, 4.69) is 4.98 Å². The van der Waals surface area contributed by atoms with Gasteiger partial charge >= 0.3 is 6.18 Å². The van der Waals surface area contributed by atoms with Gasteiger partial charge in [-0.2, -0.15) is 13.2 Å². The van der Waals surface area contributed by atoms with E-state index < -0.39 is 12.7 Å². The zero-order valence-electron chi connectivity index (χ0n) is 10.7. The van der Waals surface area contributed by atoms with Gasteiger partial charge in [-0.1, -0.05) is 24.3 Å². The number of halogens is 4. The Morgan fingerprint density at radius 1 is 1.15 bits per heavy atom. The molecule has 0 atom stereocenters. The Balaban J connectivity index is 2.24. The molecule has 0 fully saturated rings. The number of hydrogen-bond acceptors (Lipinski definition) is 2. The van der Waals surface area contributed by atoms with E-state index in [-0.39, 0.29) is 19.0 Å². The fraction of sp³-hybridized carbons (Fsp3) is 0.357. The molecule has 2 rings (SSSR count). The lowest BCUT2D eigenvalue weighted by Gasteiger charge is -2.23. The predicted molar refractivity (Wildman–Crippen MR) is 73.8 cm³/mol. The highest BCUT2D eigenvalue weighted by atomic mass is 35.5. The summed E-state index contributed by atoms with van der Waals surface area (Å²) >= 11 is 5.58. The van der Waals surface area contributed by atoms with E-state index in [0.717, 1.165) is 16.5 Å². The summed E-state index contributed by atoms with van der Waals surface area (Å²) in [5, 5.41) is 0.919. The Bertz CT molecular complexity index is 566. The van der Waals surface area contributed by atoms with Gasteiger partial charge in [0.05, 0.1) is 12.1 Å². The summed E-state index contributed by atoms with van der Waals surface area (Å²) in [6.07, 6.45) is -2.59. The maximum absolute atomic E-state index is 12.5. The number of aromatic nitrogens is 1. The van der Waals surface area contributed by atoms with Gasteiger partial charge in [-0.05, 0) is 11.6 Å². The molecule has 0 aliphatic rings. The molecule has 20 heavy (non-hydrogen) atoms. The molecule has 0 aliphatic heterocycles.